The summed E-state index contributed by atoms with van der Waals surface area (Å²) in [6.45, 7) is 6.06. The molecule has 0 bridgehead atoms. The van der Waals surface area contributed by atoms with Crippen molar-refractivity contribution < 1.29 is 133 Å². The molecule has 4 unspecified atom stereocenters. The van der Waals surface area contributed by atoms with E-state index < -0.39 is 49.0 Å². The largest absolute Gasteiger partial charge is 0.508 e. The van der Waals surface area contributed by atoms with Gasteiger partial charge in [-0.2, -0.15) is 0 Å². The molecule has 214 valence electrons. The maximum Gasteiger partial charge on any atom is 0.508 e. The Labute approximate surface area is 268 Å². The maximum atomic E-state index is 11.1. The van der Waals surface area contributed by atoms with Gasteiger partial charge in [0.25, 0.3) is 0 Å². The van der Waals surface area contributed by atoms with Crippen LogP contribution >= 0.6 is 0 Å². The molecule has 0 rings (SSSR count). The van der Waals surface area contributed by atoms with Gasteiger partial charge < -0.3 is 48.1 Å². The zero-order valence-corrected chi connectivity index (χ0v) is 27.2. The summed E-state index contributed by atoms with van der Waals surface area (Å²) >= 11 is 0. The molecule has 0 fully saturated rings. The fraction of sp³-hybridized carbons (Fsp3) is 0.810. The first-order chi connectivity index (χ1) is 16.0. The fourth-order valence-corrected chi connectivity index (χ4v) is 1.52. The van der Waals surface area contributed by atoms with Crippen LogP contribution in [0.25, 0.3) is 0 Å². The predicted molar refractivity (Wildman–Crippen MR) is 120 cm³/mol. The van der Waals surface area contributed by atoms with E-state index in [1.807, 2.05) is 0 Å². The topological polar surface area (TPSA) is 183 Å². The molecule has 14 nitrogen and oxygen atoms in total. The number of carbonyl (C=O) groups is 4. The number of hydrogen-bond acceptors (Lipinski definition) is 14. The summed E-state index contributed by atoms with van der Waals surface area (Å²) in [5.74, 6) is 0. The van der Waals surface area contributed by atoms with Crippen LogP contribution in [0.2, 0.25) is 0 Å². The molecule has 0 saturated heterocycles. The van der Waals surface area contributed by atoms with Gasteiger partial charge in [-0.1, -0.05) is 21.3 Å². The number of ether oxygens (including phenoxy) is 8. The molecule has 0 aromatic heterocycles. The second-order valence-corrected chi connectivity index (χ2v) is 6.63. The van der Waals surface area contributed by atoms with Crippen LogP contribution in [0.15, 0.2) is 0 Å². The van der Waals surface area contributed by atoms with Crippen molar-refractivity contribution >= 4 is 24.6 Å². The molecular weight excluding hydrogens is 654 g/mol. The van der Waals surface area contributed by atoms with Gasteiger partial charge in [0.15, 0.2) is 0 Å². The monoisotopic (exact) mass is 694 g/mol. The van der Waals surface area contributed by atoms with Crippen LogP contribution in [0.4, 0.5) is 19.2 Å². The maximum absolute atomic E-state index is 11.1. The van der Waals surface area contributed by atoms with Crippen molar-refractivity contribution in [3.05, 3.63) is 0 Å². The normalized spacial score (nSPS) is 12.3. The quantitative estimate of drug-likeness (QED) is 0.225. The molecule has 0 aliphatic heterocycles. The van der Waals surface area contributed by atoms with Crippen molar-refractivity contribution in [3.8, 4) is 0 Å². The minimum absolute atomic E-state index is 0. The van der Waals surface area contributed by atoms with Gasteiger partial charge in [0.05, 0.1) is 26.4 Å². The van der Waals surface area contributed by atoms with Crippen LogP contribution < -0.4 is 0 Å². The summed E-state index contributed by atoms with van der Waals surface area (Å²) < 4.78 is 36.3. The van der Waals surface area contributed by atoms with E-state index in [4.69, 9.17) is 19.7 Å². The Hall–Kier alpha value is -0.792. The Bertz CT molecular complexity index is 544. The summed E-state index contributed by atoms with van der Waals surface area (Å²) in [7, 11) is 2.35. The molecule has 0 aliphatic rings. The van der Waals surface area contributed by atoms with E-state index in [-0.39, 0.29) is 99.3 Å². The van der Waals surface area contributed by atoms with Gasteiger partial charge in [-0.15, -0.1) is 0 Å². The van der Waals surface area contributed by atoms with Gasteiger partial charge in [-0.3, -0.25) is 0 Å². The molecule has 0 aromatic rings. The molecule has 0 amide bonds. The van der Waals surface area contributed by atoms with Crippen molar-refractivity contribution in [1.82, 2.24) is 0 Å². The van der Waals surface area contributed by atoms with Crippen LogP contribution in [-0.2, 0) is 103 Å². The zero-order chi connectivity index (χ0) is 26.5. The summed E-state index contributed by atoms with van der Waals surface area (Å²) in [5, 5.41) is 18.3. The standard InChI is InChI=1S/2C10H18O7.CH4.2Y/c2*1-4-8(11)6-16-10(13)17-7(2)5-15-9(12)14-3;;;/h2*7-8,11H,4-6H2,1-3H3;1H4;;. The summed E-state index contributed by atoms with van der Waals surface area (Å²) in [6, 6.07) is 0. The third-order valence-corrected chi connectivity index (χ3v) is 3.53. The van der Waals surface area contributed by atoms with E-state index in [1.165, 1.54) is 28.1 Å². The SMILES string of the molecule is C.CCC(O)COC(=O)OC(C)COC(=O)OC.CCC(O)COC(=O)OC(C)COC(=O)OC.[Y].[Y]. The molecule has 0 aliphatic carbocycles. The van der Waals surface area contributed by atoms with Crippen LogP contribution in [0.5, 0.6) is 0 Å². The van der Waals surface area contributed by atoms with E-state index in [2.05, 4.69) is 28.4 Å². The molecular formula is C21H40O14Y2. The fourth-order valence-electron chi connectivity index (χ4n) is 1.52. The van der Waals surface area contributed by atoms with E-state index >= 15 is 0 Å². The molecule has 0 saturated carbocycles. The molecule has 2 radical (unpaired) electrons. The van der Waals surface area contributed by atoms with Crippen LogP contribution in [0, 0.1) is 0 Å². The molecule has 0 spiro atoms. The van der Waals surface area contributed by atoms with E-state index in [0.29, 0.717) is 12.8 Å². The van der Waals surface area contributed by atoms with Crippen LogP contribution in [-0.4, -0.2) is 99.9 Å². The second-order valence-electron chi connectivity index (χ2n) is 6.63. The number of aliphatic hydroxyl groups is 2. The van der Waals surface area contributed by atoms with Crippen molar-refractivity contribution in [2.75, 3.05) is 40.6 Å². The van der Waals surface area contributed by atoms with E-state index in [0.717, 1.165) is 0 Å². The van der Waals surface area contributed by atoms with Crippen LogP contribution in [0.3, 0.4) is 0 Å². The predicted octanol–water partition coefficient (Wildman–Crippen LogP) is 2.80. The number of hydrogen-bond donors (Lipinski definition) is 2. The van der Waals surface area contributed by atoms with E-state index in [1.54, 1.807) is 13.8 Å². The number of rotatable bonds is 12. The van der Waals surface area contributed by atoms with Crippen molar-refractivity contribution in [1.29, 1.82) is 0 Å². The number of carbonyl (C=O) groups excluding carboxylic acids is 4. The van der Waals surface area contributed by atoms with Gasteiger partial charge in [-0.25, -0.2) is 19.2 Å². The van der Waals surface area contributed by atoms with E-state index in [9.17, 15) is 19.2 Å². The first-order valence-electron chi connectivity index (χ1n) is 10.4. The van der Waals surface area contributed by atoms with Crippen molar-refractivity contribution in [2.24, 2.45) is 0 Å². The Kier molecular flexibility index (Phi) is 37.1. The minimum atomic E-state index is -0.918. The number of methoxy groups -OCH3 is 2. The Morgan fingerprint density at radius 3 is 1.11 bits per heavy atom. The summed E-state index contributed by atoms with van der Waals surface area (Å²) in [6.07, 6.45) is -5.29. The molecule has 16 heteroatoms. The van der Waals surface area contributed by atoms with Crippen molar-refractivity contribution in [2.45, 2.75) is 72.4 Å². The third-order valence-electron chi connectivity index (χ3n) is 3.53. The Morgan fingerprint density at radius 2 is 0.865 bits per heavy atom. The first-order valence-corrected chi connectivity index (χ1v) is 10.4. The van der Waals surface area contributed by atoms with Crippen LogP contribution in [0.1, 0.15) is 48.0 Å². The molecule has 0 aromatic carbocycles. The molecule has 0 heterocycles. The Balaban J connectivity index is -0.000000171. The first kappa shape index (κ1) is 46.1. The molecule has 2 N–H and O–H groups in total. The Morgan fingerprint density at radius 1 is 0.595 bits per heavy atom. The van der Waals surface area contributed by atoms with Gasteiger partial charge >= 0.3 is 24.6 Å². The van der Waals surface area contributed by atoms with Crippen molar-refractivity contribution in [3.63, 3.8) is 0 Å². The smallest absolute Gasteiger partial charge is 0.438 e. The second kappa shape index (κ2) is 29.8. The summed E-state index contributed by atoms with van der Waals surface area (Å²) in [5.41, 5.74) is 0. The molecule has 4 atom stereocenters. The minimum Gasteiger partial charge on any atom is -0.438 e. The average Bonchev–Trinajstić information content (AvgIpc) is 2.82. The van der Waals surface area contributed by atoms with Gasteiger partial charge in [0.1, 0.15) is 38.6 Å². The van der Waals surface area contributed by atoms with Gasteiger partial charge in [0.2, 0.25) is 0 Å². The molecule has 37 heavy (non-hydrogen) atoms. The number of aliphatic hydroxyl groups excluding tert-OH is 2. The van der Waals surface area contributed by atoms with Gasteiger partial charge in [-0.05, 0) is 26.7 Å². The average molecular weight is 694 g/mol. The zero-order valence-electron chi connectivity index (χ0n) is 21.5. The summed E-state index contributed by atoms with van der Waals surface area (Å²) in [4.78, 5) is 43.3. The van der Waals surface area contributed by atoms with Gasteiger partial charge in [0, 0.05) is 65.4 Å². The third kappa shape index (κ3) is 31.3.